The number of nitrogens with zero attached hydrogens (tertiary/aromatic N) is 2. The maximum atomic E-state index is 12.6. The summed E-state index contributed by atoms with van der Waals surface area (Å²) in [6, 6.07) is 15.8. The number of carbonyl (C=O) groups is 2. The molecule has 3 aromatic rings. The van der Waals surface area contributed by atoms with Crippen LogP contribution < -0.4 is 4.90 Å². The van der Waals surface area contributed by atoms with Crippen molar-refractivity contribution in [1.29, 1.82) is 0 Å². The summed E-state index contributed by atoms with van der Waals surface area (Å²) in [5.41, 5.74) is 3.02. The van der Waals surface area contributed by atoms with E-state index in [-0.39, 0.29) is 30.9 Å². The molecule has 0 bridgehead atoms. The number of para-hydroxylation sites is 2. The monoisotopic (exact) mass is 380 g/mol. The maximum absolute atomic E-state index is 12.6. The van der Waals surface area contributed by atoms with Crippen LogP contribution in [0.4, 0.5) is 5.69 Å². The number of hydrogen-bond acceptors (Lipinski definition) is 5. The fraction of sp³-hybridized carbons (Fsp3) is 0.286. The molecule has 1 aliphatic heterocycles. The number of aryl methyl sites for hydroxylation is 1. The summed E-state index contributed by atoms with van der Waals surface area (Å²) in [7, 11) is 0. The van der Waals surface area contributed by atoms with Crippen LogP contribution in [0.1, 0.15) is 23.9 Å². The van der Waals surface area contributed by atoms with E-state index in [0.717, 1.165) is 32.9 Å². The van der Waals surface area contributed by atoms with Gasteiger partial charge in [-0.2, -0.15) is 0 Å². The average molecular weight is 380 g/mol. The highest BCUT2D eigenvalue weighted by atomic mass is 32.1. The number of hydrogen-bond donors (Lipinski definition) is 0. The minimum atomic E-state index is -0.372. The van der Waals surface area contributed by atoms with E-state index < -0.39 is 0 Å². The van der Waals surface area contributed by atoms with E-state index in [4.69, 9.17) is 4.74 Å². The lowest BCUT2D eigenvalue weighted by Crippen LogP contribution is -2.38. The van der Waals surface area contributed by atoms with E-state index in [1.165, 1.54) is 0 Å². The molecule has 0 fully saturated rings. The van der Waals surface area contributed by atoms with E-state index in [0.29, 0.717) is 6.42 Å². The predicted octanol–water partition coefficient (Wildman–Crippen LogP) is 3.75. The molecule has 2 aromatic carbocycles. The summed E-state index contributed by atoms with van der Waals surface area (Å²) >= 11 is 1.58. The van der Waals surface area contributed by atoms with Gasteiger partial charge in [0.25, 0.3) is 5.91 Å². The summed E-state index contributed by atoms with van der Waals surface area (Å²) in [6.45, 7) is 1.78. The molecular formula is C21H20N2O3S. The van der Waals surface area contributed by atoms with Crippen molar-refractivity contribution in [3.05, 3.63) is 59.1 Å². The number of fused-ring (bicyclic) bond motifs is 2. The summed E-state index contributed by atoms with van der Waals surface area (Å²) in [5.74, 6) is -0.552. The predicted molar refractivity (Wildman–Crippen MR) is 106 cm³/mol. The van der Waals surface area contributed by atoms with Crippen molar-refractivity contribution < 1.29 is 14.3 Å². The van der Waals surface area contributed by atoms with Gasteiger partial charge in [-0.25, -0.2) is 4.98 Å². The number of esters is 1. The summed E-state index contributed by atoms with van der Waals surface area (Å²) in [5, 5.41) is 0.904. The van der Waals surface area contributed by atoms with Gasteiger partial charge >= 0.3 is 5.97 Å². The Morgan fingerprint density at radius 3 is 2.81 bits per heavy atom. The molecule has 0 spiro atoms. The van der Waals surface area contributed by atoms with Crippen LogP contribution in [0.2, 0.25) is 0 Å². The highest BCUT2D eigenvalue weighted by molar-refractivity contribution is 7.18. The molecule has 0 aliphatic carbocycles. The maximum Gasteiger partial charge on any atom is 0.306 e. The number of thiazole rings is 1. The van der Waals surface area contributed by atoms with Gasteiger partial charge in [0.1, 0.15) is 0 Å². The number of aromatic nitrogens is 1. The van der Waals surface area contributed by atoms with Crippen molar-refractivity contribution in [2.24, 2.45) is 0 Å². The lowest BCUT2D eigenvalue weighted by atomic mass is 10.1. The van der Waals surface area contributed by atoms with Crippen LogP contribution >= 0.6 is 11.3 Å². The van der Waals surface area contributed by atoms with E-state index in [1.807, 2.05) is 55.5 Å². The second-order valence-corrected chi connectivity index (χ2v) is 7.80. The van der Waals surface area contributed by atoms with Gasteiger partial charge in [-0.1, -0.05) is 30.3 Å². The van der Waals surface area contributed by atoms with Crippen molar-refractivity contribution in [2.75, 3.05) is 11.5 Å². The first-order valence-corrected chi connectivity index (χ1v) is 9.83. The molecule has 2 heterocycles. The molecule has 0 unspecified atom stereocenters. The van der Waals surface area contributed by atoms with E-state index >= 15 is 0 Å². The average Bonchev–Trinajstić information content (AvgIpc) is 3.23. The van der Waals surface area contributed by atoms with Crippen LogP contribution in [0.25, 0.3) is 10.2 Å². The Morgan fingerprint density at radius 1 is 1.19 bits per heavy atom. The Kier molecular flexibility index (Phi) is 4.90. The molecule has 1 aromatic heterocycles. The number of rotatable bonds is 5. The molecular weight excluding hydrogens is 360 g/mol. The van der Waals surface area contributed by atoms with Gasteiger partial charge in [-0.15, -0.1) is 11.3 Å². The Balaban J connectivity index is 1.31. The normalized spacial score (nSPS) is 15.7. The van der Waals surface area contributed by atoms with Gasteiger partial charge in [0.15, 0.2) is 6.61 Å². The molecule has 27 heavy (non-hydrogen) atoms. The zero-order chi connectivity index (χ0) is 18.8. The first-order chi connectivity index (χ1) is 13.1. The number of amides is 1. The molecule has 0 N–H and O–H groups in total. The molecule has 1 amide bonds. The zero-order valence-corrected chi connectivity index (χ0v) is 15.9. The molecule has 5 nitrogen and oxygen atoms in total. The lowest BCUT2D eigenvalue weighted by Gasteiger charge is -2.22. The first kappa shape index (κ1) is 17.7. The third kappa shape index (κ3) is 3.71. The van der Waals surface area contributed by atoms with Gasteiger partial charge in [-0.05, 0) is 37.1 Å². The zero-order valence-electron chi connectivity index (χ0n) is 15.1. The van der Waals surface area contributed by atoms with Crippen LogP contribution in [0.3, 0.4) is 0 Å². The van der Waals surface area contributed by atoms with E-state index in [1.54, 1.807) is 16.2 Å². The standard InChI is InChI=1S/C21H20N2O3S/c1-14-12-15-6-2-4-8-17(15)23(14)20(24)13-26-21(25)11-10-19-22-16-7-3-5-9-18(16)27-19/h2-9,14H,10-13H2,1H3/t14-/m0/s1. The molecule has 0 saturated carbocycles. The Hall–Kier alpha value is -2.73. The minimum Gasteiger partial charge on any atom is -0.456 e. The molecule has 4 rings (SSSR count). The summed E-state index contributed by atoms with van der Waals surface area (Å²) in [4.78, 5) is 30.9. The van der Waals surface area contributed by atoms with Crippen molar-refractivity contribution >= 4 is 39.1 Å². The molecule has 1 atom stereocenters. The van der Waals surface area contributed by atoms with Crippen molar-refractivity contribution in [2.45, 2.75) is 32.2 Å². The van der Waals surface area contributed by atoms with Crippen LogP contribution in [-0.2, 0) is 27.2 Å². The van der Waals surface area contributed by atoms with Crippen molar-refractivity contribution in [3.8, 4) is 0 Å². The molecule has 0 radical (unpaired) electrons. The van der Waals surface area contributed by atoms with Crippen molar-refractivity contribution in [1.82, 2.24) is 4.98 Å². The first-order valence-electron chi connectivity index (χ1n) is 9.02. The van der Waals surface area contributed by atoms with Crippen LogP contribution in [0.15, 0.2) is 48.5 Å². The van der Waals surface area contributed by atoms with Crippen LogP contribution in [-0.4, -0.2) is 29.5 Å². The number of benzene rings is 2. The topological polar surface area (TPSA) is 59.5 Å². The van der Waals surface area contributed by atoms with Gasteiger partial charge in [-0.3, -0.25) is 9.59 Å². The van der Waals surface area contributed by atoms with Gasteiger partial charge in [0, 0.05) is 18.2 Å². The van der Waals surface area contributed by atoms with Crippen LogP contribution in [0, 0.1) is 0 Å². The van der Waals surface area contributed by atoms with Gasteiger partial charge in [0.05, 0.1) is 21.6 Å². The Labute approximate surface area is 161 Å². The molecule has 1 aliphatic rings. The number of anilines is 1. The highest BCUT2D eigenvalue weighted by Crippen LogP contribution is 2.31. The van der Waals surface area contributed by atoms with E-state index in [2.05, 4.69) is 4.98 Å². The second-order valence-electron chi connectivity index (χ2n) is 6.68. The summed E-state index contributed by atoms with van der Waals surface area (Å²) < 4.78 is 6.33. The minimum absolute atomic E-state index is 0.0800. The third-order valence-corrected chi connectivity index (χ3v) is 5.81. The van der Waals surface area contributed by atoms with E-state index in [9.17, 15) is 9.59 Å². The molecule has 138 valence electrons. The largest absolute Gasteiger partial charge is 0.456 e. The molecule has 0 saturated heterocycles. The van der Waals surface area contributed by atoms with Crippen LogP contribution in [0.5, 0.6) is 0 Å². The lowest BCUT2D eigenvalue weighted by molar-refractivity contribution is -0.147. The quantitative estimate of drug-likeness (QED) is 0.633. The fourth-order valence-electron chi connectivity index (χ4n) is 3.47. The Bertz CT molecular complexity index is 965. The smallest absolute Gasteiger partial charge is 0.306 e. The number of carbonyl (C=O) groups excluding carboxylic acids is 2. The van der Waals surface area contributed by atoms with Crippen molar-refractivity contribution in [3.63, 3.8) is 0 Å². The number of ether oxygens (including phenoxy) is 1. The second kappa shape index (κ2) is 7.48. The van der Waals surface area contributed by atoms with Gasteiger partial charge < -0.3 is 9.64 Å². The molecule has 6 heteroatoms. The Morgan fingerprint density at radius 2 is 1.96 bits per heavy atom. The van der Waals surface area contributed by atoms with Gasteiger partial charge in [0.2, 0.25) is 0 Å². The highest BCUT2D eigenvalue weighted by Gasteiger charge is 2.30. The fourth-order valence-corrected chi connectivity index (χ4v) is 4.43. The third-order valence-electron chi connectivity index (χ3n) is 4.71. The summed E-state index contributed by atoms with van der Waals surface area (Å²) in [6.07, 6.45) is 1.57. The SMILES string of the molecule is C[C@H]1Cc2ccccc2N1C(=O)COC(=O)CCc1nc2ccccc2s1.